The fourth-order valence-electron chi connectivity index (χ4n) is 1.89. The van der Waals surface area contributed by atoms with E-state index in [4.69, 9.17) is 4.74 Å². The van der Waals surface area contributed by atoms with Gasteiger partial charge in [-0.05, 0) is 19.8 Å². The third-order valence-corrected chi connectivity index (χ3v) is 2.91. The molecule has 0 spiro atoms. The van der Waals surface area contributed by atoms with Gasteiger partial charge in [-0.1, -0.05) is 0 Å². The van der Waals surface area contributed by atoms with Crippen LogP contribution in [0, 0.1) is 0 Å². The smallest absolute Gasteiger partial charge is 0.194 e. The lowest BCUT2D eigenvalue weighted by Crippen LogP contribution is -2.53. The van der Waals surface area contributed by atoms with E-state index >= 15 is 0 Å². The van der Waals surface area contributed by atoms with E-state index in [0.29, 0.717) is 0 Å². The maximum absolute atomic E-state index is 5.40. The summed E-state index contributed by atoms with van der Waals surface area (Å²) in [4.78, 5) is 6.68. The van der Waals surface area contributed by atoms with E-state index in [1.165, 1.54) is 0 Å². The second-order valence-corrected chi connectivity index (χ2v) is 4.47. The van der Waals surface area contributed by atoms with Crippen LogP contribution >= 0.6 is 0 Å². The molecule has 0 aromatic rings. The van der Waals surface area contributed by atoms with E-state index in [-0.39, 0.29) is 5.54 Å². The number of hydrogen-bond donors (Lipinski definition) is 1. The van der Waals surface area contributed by atoms with Gasteiger partial charge in [0.05, 0.1) is 12.1 Å². The summed E-state index contributed by atoms with van der Waals surface area (Å²) in [6, 6.07) is 0. The van der Waals surface area contributed by atoms with Gasteiger partial charge in [0.2, 0.25) is 0 Å². The molecule has 0 aromatic heterocycles. The van der Waals surface area contributed by atoms with Gasteiger partial charge in [0.1, 0.15) is 0 Å². The molecule has 4 heteroatoms. The molecule has 1 fully saturated rings. The molecule has 0 amide bonds. The largest absolute Gasteiger partial charge is 0.379 e. The van der Waals surface area contributed by atoms with E-state index in [9.17, 15) is 0 Å². The zero-order chi connectivity index (χ0) is 10.0. The third-order valence-electron chi connectivity index (χ3n) is 2.91. The maximum Gasteiger partial charge on any atom is 0.194 e. The average Bonchev–Trinajstić information content (AvgIpc) is 2.57. The van der Waals surface area contributed by atoms with Crippen molar-refractivity contribution in [1.82, 2.24) is 10.2 Å². The van der Waals surface area contributed by atoms with E-state index < -0.39 is 0 Å². The Morgan fingerprint density at radius 2 is 2.43 bits per heavy atom. The van der Waals surface area contributed by atoms with Gasteiger partial charge in [0.15, 0.2) is 5.96 Å². The molecule has 1 N–H and O–H groups in total. The molecule has 0 aliphatic carbocycles. The topological polar surface area (TPSA) is 36.9 Å². The quantitative estimate of drug-likeness (QED) is 0.663. The van der Waals surface area contributed by atoms with Gasteiger partial charge in [0, 0.05) is 26.7 Å². The molecule has 4 nitrogen and oxygen atoms in total. The first-order valence-corrected chi connectivity index (χ1v) is 5.31. The minimum absolute atomic E-state index is 0.0877. The Hall–Kier alpha value is -0.770. The normalized spacial score (nSPS) is 33.0. The van der Waals surface area contributed by atoms with Gasteiger partial charge >= 0.3 is 0 Å². The molecule has 2 rings (SSSR count). The summed E-state index contributed by atoms with van der Waals surface area (Å²) in [5.74, 6) is 1.03. The molecule has 14 heavy (non-hydrogen) atoms. The van der Waals surface area contributed by atoms with E-state index in [1.807, 2.05) is 0 Å². The van der Waals surface area contributed by atoms with Crippen molar-refractivity contribution in [2.75, 3.05) is 33.4 Å². The molecule has 2 heterocycles. The molecular weight excluding hydrogens is 178 g/mol. The number of nitrogens with one attached hydrogen (secondary N) is 1. The summed E-state index contributed by atoms with van der Waals surface area (Å²) < 4.78 is 5.40. The number of hydrogen-bond acceptors (Lipinski definition) is 4. The van der Waals surface area contributed by atoms with Crippen LogP contribution < -0.4 is 5.32 Å². The molecule has 1 unspecified atom stereocenters. The zero-order valence-corrected chi connectivity index (χ0v) is 9.05. The fourth-order valence-corrected chi connectivity index (χ4v) is 1.89. The van der Waals surface area contributed by atoms with Crippen molar-refractivity contribution >= 4 is 5.96 Å². The summed E-state index contributed by atoms with van der Waals surface area (Å²) in [5.41, 5.74) is 0.0877. The summed E-state index contributed by atoms with van der Waals surface area (Å²) >= 11 is 0. The Morgan fingerprint density at radius 1 is 1.57 bits per heavy atom. The van der Waals surface area contributed by atoms with Crippen LogP contribution in [0.3, 0.4) is 0 Å². The average molecular weight is 197 g/mol. The molecule has 0 saturated carbocycles. The number of ether oxygens (including phenoxy) is 1. The van der Waals surface area contributed by atoms with Crippen molar-refractivity contribution in [3.63, 3.8) is 0 Å². The second-order valence-electron chi connectivity index (χ2n) is 4.47. The van der Waals surface area contributed by atoms with Crippen LogP contribution in [-0.4, -0.2) is 49.7 Å². The van der Waals surface area contributed by atoms with Gasteiger partial charge in [-0.2, -0.15) is 0 Å². The van der Waals surface area contributed by atoms with Crippen LogP contribution in [0.5, 0.6) is 0 Å². The first-order valence-electron chi connectivity index (χ1n) is 5.31. The summed E-state index contributed by atoms with van der Waals surface area (Å²) in [6.45, 7) is 5.90. The van der Waals surface area contributed by atoms with Gasteiger partial charge < -0.3 is 15.0 Å². The summed E-state index contributed by atoms with van der Waals surface area (Å²) in [7, 11) is 2.09. The van der Waals surface area contributed by atoms with Crippen molar-refractivity contribution in [2.45, 2.75) is 25.3 Å². The maximum atomic E-state index is 5.40. The molecule has 80 valence electrons. The van der Waals surface area contributed by atoms with Gasteiger partial charge in [-0.25, -0.2) is 0 Å². The van der Waals surface area contributed by atoms with Crippen molar-refractivity contribution < 1.29 is 4.74 Å². The molecule has 0 bridgehead atoms. The van der Waals surface area contributed by atoms with Crippen molar-refractivity contribution in [1.29, 1.82) is 0 Å². The minimum Gasteiger partial charge on any atom is -0.379 e. The lowest BCUT2D eigenvalue weighted by atomic mass is 10.0. The number of nitrogens with zero attached hydrogens (tertiary/aromatic N) is 2. The lowest BCUT2D eigenvalue weighted by Gasteiger charge is -2.32. The highest BCUT2D eigenvalue weighted by atomic mass is 16.5. The van der Waals surface area contributed by atoms with E-state index in [1.54, 1.807) is 0 Å². The summed E-state index contributed by atoms with van der Waals surface area (Å²) in [5, 5.41) is 3.49. The van der Waals surface area contributed by atoms with E-state index in [0.717, 1.165) is 45.1 Å². The van der Waals surface area contributed by atoms with Crippen molar-refractivity contribution in [3.05, 3.63) is 0 Å². The lowest BCUT2D eigenvalue weighted by molar-refractivity contribution is 0.176. The highest BCUT2D eigenvalue weighted by Crippen LogP contribution is 2.18. The van der Waals surface area contributed by atoms with E-state index in [2.05, 4.69) is 29.2 Å². The molecule has 0 radical (unpaired) electrons. The van der Waals surface area contributed by atoms with Crippen LogP contribution in [0.25, 0.3) is 0 Å². The number of rotatable bonds is 1. The van der Waals surface area contributed by atoms with Gasteiger partial charge in [-0.3, -0.25) is 4.99 Å². The summed E-state index contributed by atoms with van der Waals surface area (Å²) in [6.07, 6.45) is 2.23. The first-order chi connectivity index (χ1) is 6.70. The Kier molecular flexibility index (Phi) is 2.63. The third kappa shape index (κ3) is 2.00. The Bertz CT molecular complexity index is 234. The van der Waals surface area contributed by atoms with Crippen LogP contribution in [0.2, 0.25) is 0 Å². The minimum atomic E-state index is 0.0877. The predicted octanol–water partition coefficient (Wildman–Crippen LogP) is 0.446. The molecule has 1 saturated heterocycles. The molecule has 0 aromatic carbocycles. The van der Waals surface area contributed by atoms with Gasteiger partial charge in [0.25, 0.3) is 0 Å². The predicted molar refractivity (Wildman–Crippen MR) is 56.5 cm³/mol. The zero-order valence-electron chi connectivity index (χ0n) is 9.05. The highest BCUT2D eigenvalue weighted by Gasteiger charge is 2.31. The van der Waals surface area contributed by atoms with Crippen LogP contribution in [-0.2, 0) is 4.74 Å². The molecular formula is C10H19N3O. The Morgan fingerprint density at radius 3 is 3.07 bits per heavy atom. The molecule has 1 atom stereocenters. The standard InChI is InChI=1S/C10H19N3O/c1-10(4-7-14-8-10)12-9-11-5-3-6-13(9)2/h3-8H2,1-2H3,(H,11,12). The Labute approximate surface area is 85.3 Å². The fraction of sp³-hybridized carbons (Fsp3) is 0.900. The Balaban J connectivity index is 1.98. The van der Waals surface area contributed by atoms with Crippen LogP contribution in [0.15, 0.2) is 4.99 Å². The first kappa shape index (κ1) is 9.77. The van der Waals surface area contributed by atoms with Gasteiger partial charge in [-0.15, -0.1) is 0 Å². The van der Waals surface area contributed by atoms with Crippen LogP contribution in [0.1, 0.15) is 19.8 Å². The van der Waals surface area contributed by atoms with Crippen molar-refractivity contribution in [2.24, 2.45) is 4.99 Å². The second kappa shape index (κ2) is 3.77. The van der Waals surface area contributed by atoms with Crippen molar-refractivity contribution in [3.8, 4) is 0 Å². The highest BCUT2D eigenvalue weighted by molar-refractivity contribution is 5.81. The molecule has 2 aliphatic heterocycles. The number of aliphatic imine (C=N–C) groups is 1. The van der Waals surface area contributed by atoms with Crippen LogP contribution in [0.4, 0.5) is 0 Å². The molecule has 2 aliphatic rings. The number of guanidine groups is 1. The SMILES string of the molecule is CN1CCCN=C1NC1(C)CCOC1. The monoisotopic (exact) mass is 197 g/mol.